The Bertz CT molecular complexity index is 1250. The van der Waals surface area contributed by atoms with Gasteiger partial charge in [0.15, 0.2) is 11.2 Å². The Hall–Kier alpha value is -3.23. The van der Waals surface area contributed by atoms with Crippen LogP contribution in [0.5, 0.6) is 0 Å². The van der Waals surface area contributed by atoms with E-state index in [1.807, 2.05) is 47.1 Å². The lowest BCUT2D eigenvalue weighted by Crippen LogP contribution is -2.55. The highest BCUT2D eigenvalue weighted by atomic mass is 16.3. The van der Waals surface area contributed by atoms with Crippen LogP contribution in [0.1, 0.15) is 31.4 Å². The van der Waals surface area contributed by atoms with Gasteiger partial charge in [-0.15, -0.1) is 0 Å². The average molecular weight is 467 g/mol. The number of imidazole rings is 1. The van der Waals surface area contributed by atoms with Crippen molar-refractivity contribution < 1.29 is 9.59 Å². The molecule has 1 aromatic carbocycles. The Balaban J connectivity index is 1.82. The minimum atomic E-state index is -0.551. The van der Waals surface area contributed by atoms with Gasteiger partial charge in [0.05, 0.1) is 38.1 Å². The molecule has 2 heterocycles. The van der Waals surface area contributed by atoms with E-state index in [0.29, 0.717) is 28.6 Å². The lowest BCUT2D eigenvalue weighted by atomic mass is 9.99. The van der Waals surface area contributed by atoms with E-state index < -0.39 is 6.10 Å². The van der Waals surface area contributed by atoms with Crippen LogP contribution in [0.15, 0.2) is 71.6 Å². The number of hydrogen-bond acceptors (Lipinski definition) is 4. The number of rotatable bonds is 12. The van der Waals surface area contributed by atoms with Crippen LogP contribution in [0.2, 0.25) is 0 Å². The Morgan fingerprint density at radius 2 is 1.74 bits per heavy atom. The predicted octanol–water partition coefficient (Wildman–Crippen LogP) is 2.52. The van der Waals surface area contributed by atoms with E-state index in [9.17, 15) is 14.7 Å². The smallest absolute Gasteiger partial charge is 0.332 e. The van der Waals surface area contributed by atoms with Crippen molar-refractivity contribution in [3.8, 4) is 0 Å². The summed E-state index contributed by atoms with van der Waals surface area (Å²) in [4.78, 5) is 29.3. The minimum Gasteiger partial charge on any atom is -0.388 e. The first-order valence-electron chi connectivity index (χ1n) is 11.7. The summed E-state index contributed by atoms with van der Waals surface area (Å²) in [6, 6.07) is 9.87. The summed E-state index contributed by atoms with van der Waals surface area (Å²) in [6.07, 6.45) is 6.32. The summed E-state index contributed by atoms with van der Waals surface area (Å²) < 4.78 is 5.05. The second-order valence-electron chi connectivity index (χ2n) is 9.07. The number of benzene rings is 1. The molecule has 0 fully saturated rings. The minimum absolute atomic E-state index is 0.152. The average Bonchev–Trinajstić information content (AvgIpc) is 3.26. The van der Waals surface area contributed by atoms with Gasteiger partial charge in [0.1, 0.15) is 0 Å². The molecule has 1 N–H and O–H groups in total. The van der Waals surface area contributed by atoms with E-state index in [1.54, 1.807) is 13.4 Å². The number of fused-ring (bicyclic) bond motifs is 1. The molecule has 182 valence electrons. The molecule has 0 saturated carbocycles. The molecule has 8 nitrogen and oxygen atoms in total. The van der Waals surface area contributed by atoms with Crippen molar-refractivity contribution in [2.75, 3.05) is 19.6 Å². The van der Waals surface area contributed by atoms with Gasteiger partial charge in [-0.1, -0.05) is 43.5 Å². The fraction of sp³-hybridized carbons (Fsp3) is 0.423. The number of aliphatic hydroxyl groups excluding tert-OH is 1. The predicted molar refractivity (Wildman–Crippen MR) is 136 cm³/mol. The normalized spacial score (nSPS) is 13.6. The van der Waals surface area contributed by atoms with Crippen LogP contribution in [0.4, 0.5) is 0 Å². The molecule has 34 heavy (non-hydrogen) atoms. The van der Waals surface area contributed by atoms with Crippen LogP contribution in [-0.4, -0.2) is 54.0 Å². The van der Waals surface area contributed by atoms with Crippen molar-refractivity contribution >= 4 is 11.2 Å². The Labute approximate surface area is 200 Å². The maximum atomic E-state index is 12.7. The van der Waals surface area contributed by atoms with Crippen molar-refractivity contribution in [1.29, 1.82) is 0 Å². The fourth-order valence-corrected chi connectivity index (χ4v) is 4.83. The van der Waals surface area contributed by atoms with Gasteiger partial charge in [-0.3, -0.25) is 13.9 Å². The molecule has 0 aliphatic carbocycles. The van der Waals surface area contributed by atoms with Crippen LogP contribution in [-0.2, 0) is 20.6 Å². The van der Waals surface area contributed by atoms with Crippen molar-refractivity contribution in [3.05, 3.63) is 88.4 Å². The topological polar surface area (TPSA) is 82.0 Å². The van der Waals surface area contributed by atoms with E-state index in [4.69, 9.17) is 0 Å². The highest BCUT2D eigenvalue weighted by Crippen LogP contribution is 2.26. The van der Waals surface area contributed by atoms with Crippen molar-refractivity contribution in [2.45, 2.75) is 38.5 Å². The molecule has 0 aliphatic rings. The molecule has 0 amide bonds. The quantitative estimate of drug-likeness (QED) is 0.329. The number of hydrogen-bond donors (Lipinski definition) is 1. The van der Waals surface area contributed by atoms with Crippen molar-refractivity contribution in [3.63, 3.8) is 0 Å². The van der Waals surface area contributed by atoms with E-state index in [1.165, 1.54) is 11.6 Å². The molecule has 8 heteroatoms. The molecule has 2 unspecified atom stereocenters. The standard InChI is InChI=1S/C26H36N5O3/c1-6-15-31(16-7-2,20(3)18-22(32)21-12-9-8-10-13-21)17-11-14-30-19-27-24-23(30)25(33)29(5)26(34)28(24)4/h6-10,12-13,19-20,22,32H,1-2,11,14-18H2,3-5H3/q+1. The fourth-order valence-electron chi connectivity index (χ4n) is 4.83. The van der Waals surface area contributed by atoms with Gasteiger partial charge in [0.2, 0.25) is 0 Å². The van der Waals surface area contributed by atoms with Crippen LogP contribution in [0, 0.1) is 0 Å². The Morgan fingerprint density at radius 3 is 2.35 bits per heavy atom. The summed E-state index contributed by atoms with van der Waals surface area (Å²) in [5.74, 6) is 0. The zero-order valence-electron chi connectivity index (χ0n) is 20.4. The van der Waals surface area contributed by atoms with E-state index in [-0.39, 0.29) is 17.3 Å². The largest absolute Gasteiger partial charge is 0.388 e. The molecule has 0 saturated heterocycles. The summed E-state index contributed by atoms with van der Waals surface area (Å²) in [6.45, 7) is 13.0. The second kappa shape index (κ2) is 10.8. The van der Waals surface area contributed by atoms with Gasteiger partial charge in [-0.25, -0.2) is 9.78 Å². The van der Waals surface area contributed by atoms with E-state index in [0.717, 1.165) is 36.2 Å². The monoisotopic (exact) mass is 466 g/mol. The molecular formula is C26H36N5O3+. The highest BCUT2D eigenvalue weighted by molar-refractivity contribution is 5.69. The lowest BCUT2D eigenvalue weighted by molar-refractivity contribution is -0.940. The van der Waals surface area contributed by atoms with Crippen molar-refractivity contribution in [1.82, 2.24) is 18.7 Å². The third kappa shape index (κ3) is 4.98. The molecule has 2 atom stereocenters. The molecule has 3 aromatic rings. The third-order valence-corrected chi connectivity index (χ3v) is 6.89. The van der Waals surface area contributed by atoms with Gasteiger partial charge in [-0.05, 0) is 24.6 Å². The van der Waals surface area contributed by atoms with Crippen LogP contribution in [0.25, 0.3) is 11.2 Å². The highest BCUT2D eigenvalue weighted by Gasteiger charge is 2.33. The maximum Gasteiger partial charge on any atom is 0.332 e. The van der Waals surface area contributed by atoms with Crippen LogP contribution >= 0.6 is 0 Å². The van der Waals surface area contributed by atoms with Gasteiger partial charge in [0.25, 0.3) is 5.56 Å². The number of nitrogens with zero attached hydrogens (tertiary/aromatic N) is 5. The summed E-state index contributed by atoms with van der Waals surface area (Å²) >= 11 is 0. The first-order valence-corrected chi connectivity index (χ1v) is 11.7. The molecule has 3 rings (SSSR count). The van der Waals surface area contributed by atoms with Gasteiger partial charge >= 0.3 is 5.69 Å². The van der Waals surface area contributed by atoms with E-state index in [2.05, 4.69) is 25.1 Å². The SMILES string of the molecule is C=CC[N+](CC=C)(CCCn1cnc2c1c(=O)n(C)c(=O)n2C)C(C)CC(O)c1ccccc1. The molecule has 0 spiro atoms. The molecule has 2 aromatic heterocycles. The number of aromatic nitrogens is 4. The van der Waals surface area contributed by atoms with Gasteiger partial charge in [-0.2, -0.15) is 0 Å². The summed E-state index contributed by atoms with van der Waals surface area (Å²) in [5.41, 5.74) is 1.01. The Kier molecular flexibility index (Phi) is 8.06. The van der Waals surface area contributed by atoms with Gasteiger partial charge < -0.3 is 14.2 Å². The second-order valence-corrected chi connectivity index (χ2v) is 9.07. The molecule has 0 bridgehead atoms. The number of aliphatic hydroxyl groups is 1. The third-order valence-electron chi connectivity index (χ3n) is 6.89. The zero-order chi connectivity index (χ0) is 24.9. The molecule has 0 aliphatic heterocycles. The Morgan fingerprint density at radius 1 is 1.09 bits per heavy atom. The molecule has 0 radical (unpaired) electrons. The first-order chi connectivity index (χ1) is 16.3. The zero-order valence-corrected chi connectivity index (χ0v) is 20.4. The van der Waals surface area contributed by atoms with Crippen LogP contribution in [0.3, 0.4) is 0 Å². The summed E-state index contributed by atoms with van der Waals surface area (Å²) in [7, 11) is 3.11. The summed E-state index contributed by atoms with van der Waals surface area (Å²) in [5, 5.41) is 10.9. The molecular weight excluding hydrogens is 430 g/mol. The van der Waals surface area contributed by atoms with Gasteiger partial charge in [0, 0.05) is 33.5 Å². The number of quaternary nitrogens is 1. The van der Waals surface area contributed by atoms with Crippen molar-refractivity contribution in [2.24, 2.45) is 14.1 Å². The lowest BCUT2D eigenvalue weighted by Gasteiger charge is -2.43. The van der Waals surface area contributed by atoms with E-state index >= 15 is 0 Å². The first kappa shape index (κ1) is 25.4. The maximum absolute atomic E-state index is 12.7. The van der Waals surface area contributed by atoms with Crippen LogP contribution < -0.4 is 11.2 Å². The number of aryl methyl sites for hydroxylation is 2.